The Hall–Kier alpha value is 0.0400. The molecule has 0 bridgehead atoms. The van der Waals surface area contributed by atoms with Crippen LogP contribution in [0.1, 0.15) is 17.6 Å². The molecule has 0 amide bonds. The second-order valence-electron chi connectivity index (χ2n) is 2.33. The number of benzene rings is 1. The van der Waals surface area contributed by atoms with Gasteiger partial charge in [0.25, 0.3) is 6.43 Å². The molecule has 0 spiro atoms. The molecule has 0 unspecified atom stereocenters. The zero-order valence-electron chi connectivity index (χ0n) is 6.03. The molecule has 0 atom stereocenters. The molecule has 4 heteroatoms. The molecule has 0 saturated carbocycles. The molecule has 0 heterocycles. The number of hydrogen-bond donors (Lipinski definition) is 0. The summed E-state index contributed by atoms with van der Waals surface area (Å²) >= 11 is 6.38. The van der Waals surface area contributed by atoms with Gasteiger partial charge in [-0.05, 0) is 23.8 Å². The van der Waals surface area contributed by atoms with Gasteiger partial charge in [-0.3, -0.25) is 0 Å². The van der Waals surface area contributed by atoms with Crippen LogP contribution in [-0.2, 0) is 5.33 Å². The minimum absolute atomic E-state index is 0.0545. The highest BCUT2D eigenvalue weighted by Crippen LogP contribution is 2.25. The maximum Gasteiger partial charge on any atom is 0.263 e. The van der Waals surface area contributed by atoms with Gasteiger partial charge in [-0.15, -0.1) is 0 Å². The SMILES string of the molecule is FC(F)c1cc(Br)cc(CBr)c1. The summed E-state index contributed by atoms with van der Waals surface area (Å²) in [7, 11) is 0. The molecule has 0 aromatic heterocycles. The normalized spacial score (nSPS) is 10.8. The smallest absolute Gasteiger partial charge is 0.205 e. The fraction of sp³-hybridized carbons (Fsp3) is 0.250. The standard InChI is InChI=1S/C8H6Br2F2/c9-4-5-1-6(8(11)12)3-7(10)2-5/h1-3,8H,4H2. The Labute approximate surface area is 86.2 Å². The molecule has 1 aromatic rings. The van der Waals surface area contributed by atoms with Crippen LogP contribution in [0.5, 0.6) is 0 Å². The van der Waals surface area contributed by atoms with E-state index in [9.17, 15) is 8.78 Å². The molecule has 0 nitrogen and oxygen atoms in total. The summed E-state index contributed by atoms with van der Waals surface area (Å²) in [6.07, 6.45) is -2.40. The number of alkyl halides is 3. The van der Waals surface area contributed by atoms with Gasteiger partial charge in [0, 0.05) is 15.4 Å². The van der Waals surface area contributed by atoms with E-state index >= 15 is 0 Å². The van der Waals surface area contributed by atoms with E-state index in [2.05, 4.69) is 31.9 Å². The minimum atomic E-state index is -2.40. The van der Waals surface area contributed by atoms with Crippen LogP contribution in [0.4, 0.5) is 8.78 Å². The highest BCUT2D eigenvalue weighted by Gasteiger charge is 2.08. The van der Waals surface area contributed by atoms with Gasteiger partial charge < -0.3 is 0 Å². The van der Waals surface area contributed by atoms with E-state index in [1.54, 1.807) is 6.07 Å². The molecular weight excluding hydrogens is 294 g/mol. The van der Waals surface area contributed by atoms with Gasteiger partial charge in [-0.2, -0.15) is 0 Å². The van der Waals surface area contributed by atoms with Crippen molar-refractivity contribution in [2.45, 2.75) is 11.8 Å². The fourth-order valence-corrected chi connectivity index (χ4v) is 1.76. The van der Waals surface area contributed by atoms with Crippen LogP contribution < -0.4 is 0 Å². The third-order valence-electron chi connectivity index (χ3n) is 1.39. The van der Waals surface area contributed by atoms with Crippen LogP contribution in [0.25, 0.3) is 0 Å². The highest BCUT2D eigenvalue weighted by atomic mass is 79.9. The molecule has 66 valence electrons. The molecule has 0 aliphatic heterocycles. The van der Waals surface area contributed by atoms with Crippen molar-refractivity contribution < 1.29 is 8.78 Å². The highest BCUT2D eigenvalue weighted by molar-refractivity contribution is 9.10. The van der Waals surface area contributed by atoms with Crippen LogP contribution in [0.3, 0.4) is 0 Å². The van der Waals surface area contributed by atoms with Crippen molar-refractivity contribution in [1.29, 1.82) is 0 Å². The van der Waals surface area contributed by atoms with Gasteiger partial charge in [-0.25, -0.2) is 8.78 Å². The van der Waals surface area contributed by atoms with Crippen LogP contribution in [-0.4, -0.2) is 0 Å². The second kappa shape index (κ2) is 4.33. The van der Waals surface area contributed by atoms with Crippen LogP contribution in [0, 0.1) is 0 Å². The van der Waals surface area contributed by atoms with E-state index in [1.807, 2.05) is 0 Å². The summed E-state index contributed by atoms with van der Waals surface area (Å²) < 4.78 is 25.1. The average molecular weight is 300 g/mol. The number of halogens is 4. The van der Waals surface area contributed by atoms with Gasteiger partial charge >= 0.3 is 0 Å². The Morgan fingerprint density at radius 2 is 1.92 bits per heavy atom. The van der Waals surface area contributed by atoms with E-state index < -0.39 is 6.43 Å². The summed E-state index contributed by atoms with van der Waals surface area (Å²) in [4.78, 5) is 0. The fourth-order valence-electron chi connectivity index (χ4n) is 0.879. The van der Waals surface area contributed by atoms with Gasteiger partial charge in [0.1, 0.15) is 0 Å². The van der Waals surface area contributed by atoms with Crippen molar-refractivity contribution >= 4 is 31.9 Å². The second-order valence-corrected chi connectivity index (χ2v) is 3.80. The lowest BCUT2D eigenvalue weighted by Gasteiger charge is -2.03. The molecule has 1 aromatic carbocycles. The monoisotopic (exact) mass is 298 g/mol. The van der Waals surface area contributed by atoms with Gasteiger partial charge in [0.2, 0.25) is 0 Å². The molecule has 0 aliphatic carbocycles. The molecule has 12 heavy (non-hydrogen) atoms. The first-order valence-electron chi connectivity index (χ1n) is 3.27. The van der Waals surface area contributed by atoms with Crippen LogP contribution >= 0.6 is 31.9 Å². The zero-order valence-corrected chi connectivity index (χ0v) is 9.20. The van der Waals surface area contributed by atoms with E-state index in [0.29, 0.717) is 9.80 Å². The van der Waals surface area contributed by atoms with Gasteiger partial charge in [0.15, 0.2) is 0 Å². The van der Waals surface area contributed by atoms with E-state index in [0.717, 1.165) is 5.56 Å². The quantitative estimate of drug-likeness (QED) is 0.715. The first kappa shape index (κ1) is 10.1. The van der Waals surface area contributed by atoms with E-state index in [1.165, 1.54) is 12.1 Å². The summed E-state index contributed by atoms with van der Waals surface area (Å²) in [6, 6.07) is 4.72. The Bertz CT molecular complexity index is 274. The molecule has 0 fully saturated rings. The lowest BCUT2D eigenvalue weighted by atomic mass is 10.1. The molecule has 0 radical (unpaired) electrons. The number of hydrogen-bond acceptors (Lipinski definition) is 0. The van der Waals surface area contributed by atoms with Gasteiger partial charge in [-0.1, -0.05) is 31.9 Å². The number of rotatable bonds is 2. The lowest BCUT2D eigenvalue weighted by Crippen LogP contribution is -1.87. The van der Waals surface area contributed by atoms with Crippen molar-refractivity contribution in [3.8, 4) is 0 Å². The molecule has 1 rings (SSSR count). The molecule has 0 aliphatic rings. The predicted octanol–water partition coefficient (Wildman–Crippen LogP) is 4.28. The summed E-state index contributed by atoms with van der Waals surface area (Å²) in [5.74, 6) is 0. The Balaban J connectivity index is 3.06. The van der Waals surface area contributed by atoms with Crippen molar-refractivity contribution in [3.05, 3.63) is 33.8 Å². The van der Waals surface area contributed by atoms with Crippen molar-refractivity contribution in [1.82, 2.24) is 0 Å². The predicted molar refractivity (Wildman–Crippen MR) is 51.7 cm³/mol. The Kier molecular flexibility index (Phi) is 3.65. The molecular formula is C8H6Br2F2. The van der Waals surface area contributed by atoms with Crippen LogP contribution in [0.15, 0.2) is 22.7 Å². The molecule has 0 saturated heterocycles. The van der Waals surface area contributed by atoms with Crippen molar-refractivity contribution in [2.24, 2.45) is 0 Å². The summed E-state index contributed by atoms with van der Waals surface area (Å²) in [5.41, 5.74) is 0.901. The largest absolute Gasteiger partial charge is 0.263 e. The van der Waals surface area contributed by atoms with Crippen LogP contribution in [0.2, 0.25) is 0 Å². The lowest BCUT2D eigenvalue weighted by molar-refractivity contribution is 0.151. The minimum Gasteiger partial charge on any atom is -0.205 e. The third kappa shape index (κ3) is 2.52. The first-order valence-corrected chi connectivity index (χ1v) is 5.18. The zero-order chi connectivity index (χ0) is 9.14. The summed E-state index contributed by atoms with van der Waals surface area (Å²) in [5, 5.41) is 0.589. The first-order chi connectivity index (χ1) is 5.63. The van der Waals surface area contributed by atoms with Crippen molar-refractivity contribution in [2.75, 3.05) is 0 Å². The Morgan fingerprint density at radius 3 is 2.42 bits per heavy atom. The van der Waals surface area contributed by atoms with Gasteiger partial charge in [0.05, 0.1) is 0 Å². The van der Waals surface area contributed by atoms with Crippen molar-refractivity contribution in [3.63, 3.8) is 0 Å². The van der Waals surface area contributed by atoms with E-state index in [-0.39, 0.29) is 5.56 Å². The Morgan fingerprint density at radius 1 is 1.25 bits per heavy atom. The topological polar surface area (TPSA) is 0 Å². The average Bonchev–Trinajstić information content (AvgIpc) is 2.03. The third-order valence-corrected chi connectivity index (χ3v) is 2.49. The van der Waals surface area contributed by atoms with E-state index in [4.69, 9.17) is 0 Å². The maximum atomic E-state index is 12.2. The summed E-state index contributed by atoms with van der Waals surface area (Å²) in [6.45, 7) is 0. The molecule has 0 N–H and O–H groups in total. The maximum absolute atomic E-state index is 12.2.